The first-order valence-corrected chi connectivity index (χ1v) is 8.87. The van der Waals surface area contributed by atoms with Gasteiger partial charge in [0.15, 0.2) is 6.61 Å². The summed E-state index contributed by atoms with van der Waals surface area (Å²) in [6, 6.07) is 6.82. The second-order valence-corrected chi connectivity index (χ2v) is 7.39. The van der Waals surface area contributed by atoms with Crippen molar-refractivity contribution >= 4 is 61.0 Å². The number of carbonyl (C=O) groups excluding carboxylic acids is 1. The highest BCUT2D eigenvalue weighted by atomic mass is 79.9. The van der Waals surface area contributed by atoms with E-state index in [4.69, 9.17) is 32.7 Å². The number of hydrogen-bond acceptors (Lipinski definition) is 3. The van der Waals surface area contributed by atoms with Crippen LogP contribution in [0, 0.1) is 13.8 Å². The summed E-state index contributed by atoms with van der Waals surface area (Å²) >= 11 is 18.8. The number of esters is 1. The molecule has 0 fully saturated rings. The summed E-state index contributed by atoms with van der Waals surface area (Å²) in [5.41, 5.74) is 1.62. The average molecular weight is 483 g/mol. The molecular formula is C16H12Br2Cl2O3. The molecule has 2 aromatic rings. The number of aryl methyl sites for hydroxylation is 1. The molecule has 2 aromatic carbocycles. The van der Waals surface area contributed by atoms with Crippen LogP contribution in [0.3, 0.4) is 0 Å². The Kier molecular flexibility index (Phi) is 6.37. The van der Waals surface area contributed by atoms with E-state index >= 15 is 0 Å². The fourth-order valence-electron chi connectivity index (χ4n) is 1.84. The first-order valence-electron chi connectivity index (χ1n) is 6.52. The third-order valence-electron chi connectivity index (χ3n) is 3.01. The molecule has 0 atom stereocenters. The maximum atomic E-state index is 11.9. The van der Waals surface area contributed by atoms with Crippen LogP contribution in [0.1, 0.15) is 11.1 Å². The molecule has 0 aliphatic rings. The van der Waals surface area contributed by atoms with Crippen LogP contribution in [-0.2, 0) is 4.79 Å². The summed E-state index contributed by atoms with van der Waals surface area (Å²) in [5, 5.41) is 0.875. The molecule has 3 nitrogen and oxygen atoms in total. The van der Waals surface area contributed by atoms with Crippen LogP contribution < -0.4 is 9.47 Å². The lowest BCUT2D eigenvalue weighted by atomic mass is 10.2. The van der Waals surface area contributed by atoms with Gasteiger partial charge in [-0.15, -0.1) is 0 Å². The maximum Gasteiger partial charge on any atom is 0.349 e. The van der Waals surface area contributed by atoms with Crippen LogP contribution in [0.25, 0.3) is 0 Å². The molecule has 0 aliphatic heterocycles. The van der Waals surface area contributed by atoms with Gasteiger partial charge in [-0.3, -0.25) is 0 Å². The van der Waals surface area contributed by atoms with Crippen LogP contribution >= 0.6 is 55.1 Å². The second-order valence-electron chi connectivity index (χ2n) is 4.81. The van der Waals surface area contributed by atoms with Crippen LogP contribution in [0.5, 0.6) is 11.5 Å². The van der Waals surface area contributed by atoms with E-state index in [9.17, 15) is 4.79 Å². The monoisotopic (exact) mass is 480 g/mol. The van der Waals surface area contributed by atoms with E-state index < -0.39 is 5.97 Å². The molecule has 0 N–H and O–H groups in total. The first-order chi connectivity index (χ1) is 10.8. The average Bonchev–Trinajstić information content (AvgIpc) is 2.43. The van der Waals surface area contributed by atoms with Gasteiger partial charge >= 0.3 is 5.97 Å². The minimum Gasteiger partial charge on any atom is -0.480 e. The Hall–Kier alpha value is -0.750. The topological polar surface area (TPSA) is 35.5 Å². The van der Waals surface area contributed by atoms with E-state index in [0.29, 0.717) is 15.8 Å². The Morgan fingerprint density at radius 2 is 1.70 bits per heavy atom. The van der Waals surface area contributed by atoms with E-state index in [2.05, 4.69) is 31.9 Å². The highest BCUT2D eigenvalue weighted by Gasteiger charge is 2.13. The van der Waals surface area contributed by atoms with Crippen molar-refractivity contribution in [3.05, 3.63) is 54.4 Å². The van der Waals surface area contributed by atoms with Gasteiger partial charge in [-0.2, -0.15) is 0 Å². The maximum absolute atomic E-state index is 11.9. The molecule has 7 heteroatoms. The molecule has 0 bridgehead atoms. The van der Waals surface area contributed by atoms with Gasteiger partial charge in [0.1, 0.15) is 11.5 Å². The first kappa shape index (κ1) is 18.6. The SMILES string of the molecule is Cc1cc(Br)cc(Br)c1OCC(=O)Oc1cc(Cl)c(C)c(Cl)c1. The van der Waals surface area contributed by atoms with Crippen LogP contribution in [0.2, 0.25) is 10.0 Å². The Labute approximate surface area is 161 Å². The standard InChI is InChI=1S/C16H12Br2Cl2O3/c1-8-3-10(17)4-12(18)16(8)22-7-15(21)23-11-5-13(19)9(2)14(20)6-11/h3-6H,7H2,1-2H3. The molecule has 0 spiro atoms. The number of carbonyl (C=O) groups is 1. The number of rotatable bonds is 4. The summed E-state index contributed by atoms with van der Waals surface area (Å²) in [7, 11) is 0. The fourth-order valence-corrected chi connectivity index (χ4v) is 3.87. The number of benzene rings is 2. The summed E-state index contributed by atoms with van der Waals surface area (Å²) in [6.45, 7) is 3.44. The van der Waals surface area contributed by atoms with Gasteiger partial charge in [-0.05, 0) is 65.2 Å². The van der Waals surface area contributed by atoms with Gasteiger partial charge < -0.3 is 9.47 Å². The molecule has 0 heterocycles. The summed E-state index contributed by atoms with van der Waals surface area (Å²) in [5.74, 6) is 0.325. The predicted molar refractivity (Wildman–Crippen MR) is 98.9 cm³/mol. The predicted octanol–water partition coefficient (Wildman–Crippen LogP) is 6.12. The Balaban J connectivity index is 2.04. The minimum absolute atomic E-state index is 0.232. The van der Waals surface area contributed by atoms with E-state index in [1.807, 2.05) is 19.1 Å². The normalized spacial score (nSPS) is 10.5. The summed E-state index contributed by atoms with van der Waals surface area (Å²) in [4.78, 5) is 11.9. The highest BCUT2D eigenvalue weighted by molar-refractivity contribution is 9.11. The summed E-state index contributed by atoms with van der Waals surface area (Å²) < 4.78 is 12.4. The van der Waals surface area contributed by atoms with Crippen LogP contribution in [0.15, 0.2) is 33.2 Å². The van der Waals surface area contributed by atoms with Gasteiger partial charge in [-0.1, -0.05) is 39.1 Å². The Morgan fingerprint density at radius 1 is 1.09 bits per heavy atom. The number of halogens is 4. The zero-order valence-electron chi connectivity index (χ0n) is 12.3. The minimum atomic E-state index is -0.546. The van der Waals surface area contributed by atoms with Gasteiger partial charge in [0, 0.05) is 14.5 Å². The van der Waals surface area contributed by atoms with Gasteiger partial charge in [0.2, 0.25) is 0 Å². The van der Waals surface area contributed by atoms with Gasteiger partial charge in [-0.25, -0.2) is 4.79 Å². The Morgan fingerprint density at radius 3 is 2.26 bits per heavy atom. The highest BCUT2D eigenvalue weighted by Crippen LogP contribution is 2.32. The van der Waals surface area contributed by atoms with Crippen LogP contribution in [0.4, 0.5) is 0 Å². The molecule has 0 unspecified atom stereocenters. The fraction of sp³-hybridized carbons (Fsp3) is 0.188. The molecule has 2 rings (SSSR count). The molecule has 23 heavy (non-hydrogen) atoms. The van der Waals surface area contributed by atoms with Crippen LogP contribution in [-0.4, -0.2) is 12.6 Å². The quantitative estimate of drug-likeness (QED) is 0.389. The number of hydrogen-bond donors (Lipinski definition) is 0. The largest absolute Gasteiger partial charge is 0.480 e. The van der Waals surface area contributed by atoms with Crippen molar-refractivity contribution in [3.8, 4) is 11.5 Å². The lowest BCUT2D eigenvalue weighted by Crippen LogP contribution is -2.18. The van der Waals surface area contributed by atoms with E-state index in [0.717, 1.165) is 20.1 Å². The molecule has 0 saturated heterocycles. The zero-order valence-corrected chi connectivity index (χ0v) is 16.9. The van der Waals surface area contributed by atoms with E-state index in [-0.39, 0.29) is 12.4 Å². The molecular weight excluding hydrogens is 471 g/mol. The smallest absolute Gasteiger partial charge is 0.349 e. The van der Waals surface area contributed by atoms with Gasteiger partial charge in [0.25, 0.3) is 0 Å². The van der Waals surface area contributed by atoms with Crippen molar-refractivity contribution in [3.63, 3.8) is 0 Å². The molecule has 0 radical (unpaired) electrons. The van der Waals surface area contributed by atoms with Crippen molar-refractivity contribution in [1.82, 2.24) is 0 Å². The second kappa shape index (κ2) is 7.88. The molecule has 0 saturated carbocycles. The Bertz CT molecular complexity index is 717. The lowest BCUT2D eigenvalue weighted by Gasteiger charge is -2.12. The van der Waals surface area contributed by atoms with Crippen molar-refractivity contribution in [1.29, 1.82) is 0 Å². The van der Waals surface area contributed by atoms with Crippen molar-refractivity contribution in [2.45, 2.75) is 13.8 Å². The summed E-state index contributed by atoms with van der Waals surface area (Å²) in [6.07, 6.45) is 0. The van der Waals surface area contributed by atoms with Gasteiger partial charge in [0.05, 0.1) is 4.47 Å². The third kappa shape index (κ3) is 4.86. The van der Waals surface area contributed by atoms with E-state index in [1.54, 1.807) is 19.1 Å². The molecule has 0 aliphatic carbocycles. The zero-order chi connectivity index (χ0) is 17.1. The molecule has 122 valence electrons. The van der Waals surface area contributed by atoms with E-state index in [1.165, 1.54) is 0 Å². The third-order valence-corrected chi connectivity index (χ3v) is 4.85. The van der Waals surface area contributed by atoms with Crippen molar-refractivity contribution < 1.29 is 14.3 Å². The number of ether oxygens (including phenoxy) is 2. The molecule has 0 aromatic heterocycles. The van der Waals surface area contributed by atoms with Crippen molar-refractivity contribution in [2.75, 3.05) is 6.61 Å². The molecule has 0 amide bonds. The lowest BCUT2D eigenvalue weighted by molar-refractivity contribution is -0.136. The van der Waals surface area contributed by atoms with Crippen molar-refractivity contribution in [2.24, 2.45) is 0 Å².